The zero-order valence-electron chi connectivity index (χ0n) is 16.4. The lowest BCUT2D eigenvalue weighted by atomic mass is 10.2. The highest BCUT2D eigenvalue weighted by Gasteiger charge is 2.19. The molecule has 1 fully saturated rings. The maximum absolute atomic E-state index is 4.78. The van der Waals surface area contributed by atoms with Crippen LogP contribution < -0.4 is 5.32 Å². The highest BCUT2D eigenvalue weighted by molar-refractivity contribution is 14.0. The van der Waals surface area contributed by atoms with Crippen molar-refractivity contribution >= 4 is 29.9 Å². The largest absolute Gasteiger partial charge is 0.357 e. The van der Waals surface area contributed by atoms with Gasteiger partial charge in [-0.25, -0.2) is 4.99 Å². The first-order valence-electron chi connectivity index (χ1n) is 9.31. The van der Waals surface area contributed by atoms with Crippen LogP contribution in [0.15, 0.2) is 35.3 Å². The fourth-order valence-electron chi connectivity index (χ4n) is 3.12. The van der Waals surface area contributed by atoms with Gasteiger partial charge in [-0.15, -0.1) is 34.2 Å². The Morgan fingerprint density at radius 2 is 1.81 bits per heavy atom. The van der Waals surface area contributed by atoms with Gasteiger partial charge in [-0.2, -0.15) is 0 Å². The van der Waals surface area contributed by atoms with Crippen LogP contribution in [0.3, 0.4) is 0 Å². The highest BCUT2D eigenvalue weighted by atomic mass is 127. The molecule has 0 spiro atoms. The van der Waals surface area contributed by atoms with Crippen molar-refractivity contribution in [2.75, 3.05) is 32.7 Å². The molecule has 1 N–H and O–H groups in total. The monoisotopic (exact) mass is 483 g/mol. The van der Waals surface area contributed by atoms with Crippen LogP contribution in [0.1, 0.15) is 24.1 Å². The predicted molar refractivity (Wildman–Crippen MR) is 119 cm³/mol. The molecule has 7 nitrogen and oxygen atoms in total. The summed E-state index contributed by atoms with van der Waals surface area (Å²) in [5.74, 6) is 2.77. The van der Waals surface area contributed by atoms with Gasteiger partial charge in [0.1, 0.15) is 12.4 Å². The molecule has 2 heterocycles. The molecule has 0 bridgehead atoms. The van der Waals surface area contributed by atoms with Gasteiger partial charge in [0.15, 0.2) is 11.8 Å². The first-order chi connectivity index (χ1) is 12.7. The van der Waals surface area contributed by atoms with Crippen molar-refractivity contribution in [3.05, 3.63) is 47.5 Å². The van der Waals surface area contributed by atoms with Gasteiger partial charge in [-0.1, -0.05) is 30.3 Å². The van der Waals surface area contributed by atoms with Crippen molar-refractivity contribution < 1.29 is 0 Å². The molecule has 1 saturated heterocycles. The van der Waals surface area contributed by atoms with Crippen LogP contribution in [0.25, 0.3) is 0 Å². The van der Waals surface area contributed by atoms with E-state index in [0.29, 0.717) is 6.54 Å². The Morgan fingerprint density at radius 3 is 2.41 bits per heavy atom. The summed E-state index contributed by atoms with van der Waals surface area (Å²) < 4.78 is 1.99. The van der Waals surface area contributed by atoms with Crippen LogP contribution in [-0.2, 0) is 20.1 Å². The molecule has 2 aromatic rings. The molecule has 0 amide bonds. The number of rotatable bonds is 5. The Bertz CT molecular complexity index is 721. The summed E-state index contributed by atoms with van der Waals surface area (Å²) in [6, 6.07) is 10.7. The zero-order valence-corrected chi connectivity index (χ0v) is 18.8. The molecule has 1 aromatic heterocycles. The first-order valence-corrected chi connectivity index (χ1v) is 9.31. The molecule has 148 valence electrons. The number of nitrogens with zero attached hydrogens (tertiary/aromatic N) is 6. The average molecular weight is 483 g/mol. The number of aryl methyl sites for hydroxylation is 1. The molecule has 0 aliphatic carbocycles. The Morgan fingerprint density at radius 1 is 1.11 bits per heavy atom. The number of hydrogen-bond acceptors (Lipinski definition) is 4. The first kappa shape index (κ1) is 21.6. The lowest BCUT2D eigenvalue weighted by Crippen LogP contribution is -2.52. The lowest BCUT2D eigenvalue weighted by molar-refractivity contribution is 0.172. The second kappa shape index (κ2) is 10.6. The van der Waals surface area contributed by atoms with Gasteiger partial charge in [-0.3, -0.25) is 4.90 Å². The molecule has 0 unspecified atom stereocenters. The van der Waals surface area contributed by atoms with Crippen LogP contribution in [0, 0.1) is 6.92 Å². The molecule has 1 aliphatic heterocycles. The van der Waals surface area contributed by atoms with Crippen molar-refractivity contribution in [1.29, 1.82) is 0 Å². The number of hydrogen-bond donors (Lipinski definition) is 1. The molecule has 3 rings (SSSR count). The Labute approximate surface area is 178 Å². The van der Waals surface area contributed by atoms with Gasteiger partial charge >= 0.3 is 0 Å². The third-order valence-electron chi connectivity index (χ3n) is 4.81. The van der Waals surface area contributed by atoms with E-state index in [4.69, 9.17) is 4.99 Å². The fraction of sp³-hybridized carbons (Fsp3) is 0.526. The number of benzene rings is 1. The van der Waals surface area contributed by atoms with E-state index in [2.05, 4.69) is 62.6 Å². The molecular weight excluding hydrogens is 453 g/mol. The summed E-state index contributed by atoms with van der Waals surface area (Å²) in [5.41, 5.74) is 1.37. The third kappa shape index (κ3) is 5.90. The number of aliphatic imine (C=N–C) groups is 1. The van der Waals surface area contributed by atoms with E-state index < -0.39 is 0 Å². The zero-order chi connectivity index (χ0) is 18.4. The van der Waals surface area contributed by atoms with Gasteiger partial charge in [0.05, 0.1) is 0 Å². The summed E-state index contributed by atoms with van der Waals surface area (Å²) in [6.45, 7) is 10.5. The maximum atomic E-state index is 4.78. The van der Waals surface area contributed by atoms with E-state index in [-0.39, 0.29) is 24.0 Å². The standard InChI is InChI=1S/C19H29N7.HI/c1-4-20-19(21-14-18-23-22-16(2)24(18)3)26-12-10-25(11-13-26)15-17-8-6-5-7-9-17;/h5-9H,4,10-15H2,1-3H3,(H,20,21);1H. The molecule has 27 heavy (non-hydrogen) atoms. The molecule has 8 heteroatoms. The van der Waals surface area contributed by atoms with Gasteiger partial charge in [-0.05, 0) is 19.4 Å². The average Bonchev–Trinajstić information content (AvgIpc) is 2.99. The normalized spacial score (nSPS) is 15.5. The number of guanidine groups is 1. The maximum Gasteiger partial charge on any atom is 0.194 e. The van der Waals surface area contributed by atoms with E-state index in [9.17, 15) is 0 Å². The minimum Gasteiger partial charge on any atom is -0.357 e. The van der Waals surface area contributed by atoms with Gasteiger partial charge < -0.3 is 14.8 Å². The quantitative estimate of drug-likeness (QED) is 0.401. The van der Waals surface area contributed by atoms with Crippen molar-refractivity contribution in [2.24, 2.45) is 12.0 Å². The Balaban J connectivity index is 0.00000261. The van der Waals surface area contributed by atoms with Crippen molar-refractivity contribution in [2.45, 2.75) is 26.9 Å². The summed E-state index contributed by atoms with van der Waals surface area (Å²) in [5, 5.41) is 11.7. The minimum absolute atomic E-state index is 0. The Hall–Kier alpha value is -1.68. The van der Waals surface area contributed by atoms with Gasteiger partial charge in [0.2, 0.25) is 0 Å². The minimum atomic E-state index is 0. The van der Waals surface area contributed by atoms with Gasteiger partial charge in [0, 0.05) is 46.3 Å². The number of halogens is 1. The SMILES string of the molecule is CCNC(=NCc1nnc(C)n1C)N1CCN(Cc2ccccc2)CC1.I. The second-order valence-electron chi connectivity index (χ2n) is 6.64. The van der Waals surface area contributed by atoms with Crippen LogP contribution >= 0.6 is 24.0 Å². The van der Waals surface area contributed by atoms with Crippen LogP contribution in [0.5, 0.6) is 0 Å². The van der Waals surface area contributed by atoms with E-state index in [1.165, 1.54) is 5.56 Å². The Kier molecular flexibility index (Phi) is 8.49. The molecule has 1 aromatic carbocycles. The lowest BCUT2D eigenvalue weighted by Gasteiger charge is -2.36. The topological polar surface area (TPSA) is 61.6 Å². The van der Waals surface area contributed by atoms with E-state index >= 15 is 0 Å². The van der Waals surface area contributed by atoms with Crippen LogP contribution in [0.2, 0.25) is 0 Å². The molecule has 0 saturated carbocycles. The third-order valence-corrected chi connectivity index (χ3v) is 4.81. The smallest absolute Gasteiger partial charge is 0.194 e. The number of nitrogens with one attached hydrogen (secondary N) is 1. The van der Waals surface area contributed by atoms with E-state index in [1.807, 2.05) is 18.5 Å². The van der Waals surface area contributed by atoms with Crippen LogP contribution in [-0.4, -0.2) is 63.2 Å². The van der Waals surface area contributed by atoms with Crippen molar-refractivity contribution in [3.63, 3.8) is 0 Å². The fourth-order valence-corrected chi connectivity index (χ4v) is 3.12. The molecule has 0 radical (unpaired) electrons. The second-order valence-corrected chi connectivity index (χ2v) is 6.64. The van der Waals surface area contributed by atoms with Crippen LogP contribution in [0.4, 0.5) is 0 Å². The summed E-state index contributed by atoms with van der Waals surface area (Å²) in [6.07, 6.45) is 0. The molecule has 1 aliphatic rings. The molecular formula is C19H30IN7. The highest BCUT2D eigenvalue weighted by Crippen LogP contribution is 2.09. The predicted octanol–water partition coefficient (Wildman–Crippen LogP) is 2.02. The van der Waals surface area contributed by atoms with Gasteiger partial charge in [0.25, 0.3) is 0 Å². The van der Waals surface area contributed by atoms with E-state index in [0.717, 1.165) is 56.9 Å². The van der Waals surface area contributed by atoms with Crippen molar-refractivity contribution in [3.8, 4) is 0 Å². The molecule has 0 atom stereocenters. The number of piperazine rings is 1. The summed E-state index contributed by atoms with van der Waals surface area (Å²) >= 11 is 0. The van der Waals surface area contributed by atoms with Crippen molar-refractivity contribution in [1.82, 2.24) is 29.9 Å². The summed E-state index contributed by atoms with van der Waals surface area (Å²) in [4.78, 5) is 9.62. The summed E-state index contributed by atoms with van der Waals surface area (Å²) in [7, 11) is 1.98. The van der Waals surface area contributed by atoms with E-state index in [1.54, 1.807) is 0 Å². The number of aromatic nitrogens is 3.